The summed E-state index contributed by atoms with van der Waals surface area (Å²) in [5.41, 5.74) is 7.47. The van der Waals surface area contributed by atoms with Crippen LogP contribution in [0.1, 0.15) is 76.1 Å². The first-order valence-corrected chi connectivity index (χ1v) is 11.2. The Morgan fingerprint density at radius 2 is 1.45 bits per heavy atom. The quantitative estimate of drug-likeness (QED) is 0.361. The average Bonchev–Trinajstić information content (AvgIpc) is 3.43. The van der Waals surface area contributed by atoms with Gasteiger partial charge in [0.15, 0.2) is 11.6 Å². The first kappa shape index (κ1) is 21.1. The lowest BCUT2D eigenvalue weighted by molar-refractivity contribution is 0.804. The van der Waals surface area contributed by atoms with E-state index in [1.54, 1.807) is 6.20 Å². The number of rotatable bonds is 6. The minimum atomic E-state index is 0.337. The SMILES string of the molecule is CC(C)c1cn(-c2c(C(C)C)cc(-c3ccccc3)cc2C(C)C)c(-c2ncc[nH]2)n1. The molecule has 4 nitrogen and oxygen atoms in total. The number of H-pyrrole nitrogens is 1. The molecule has 2 heterocycles. The van der Waals surface area contributed by atoms with Crippen molar-refractivity contribution < 1.29 is 0 Å². The van der Waals surface area contributed by atoms with E-state index in [4.69, 9.17) is 4.98 Å². The lowest BCUT2D eigenvalue weighted by atomic mass is 9.88. The molecule has 0 fully saturated rings. The Labute approximate surface area is 185 Å². The van der Waals surface area contributed by atoms with Crippen LogP contribution in [-0.4, -0.2) is 19.5 Å². The molecule has 0 bridgehead atoms. The standard InChI is InChI=1S/C27H32N4/c1-17(2)22-14-21(20-10-8-7-9-11-20)15-23(18(3)4)25(22)31-16-24(19(5)6)30-27(31)26-28-12-13-29-26/h7-19H,1-6H3,(H,28,29). The summed E-state index contributed by atoms with van der Waals surface area (Å²) in [6.07, 6.45) is 5.83. The molecule has 0 amide bonds. The van der Waals surface area contributed by atoms with Gasteiger partial charge in [0.2, 0.25) is 0 Å². The number of aromatic nitrogens is 4. The topological polar surface area (TPSA) is 46.5 Å². The van der Waals surface area contributed by atoms with Crippen molar-refractivity contribution >= 4 is 0 Å². The van der Waals surface area contributed by atoms with Crippen molar-refractivity contribution in [1.82, 2.24) is 19.5 Å². The van der Waals surface area contributed by atoms with Gasteiger partial charge in [0.25, 0.3) is 0 Å². The largest absolute Gasteiger partial charge is 0.342 e. The molecule has 4 heteroatoms. The summed E-state index contributed by atoms with van der Waals surface area (Å²) >= 11 is 0. The highest BCUT2D eigenvalue weighted by atomic mass is 15.1. The Morgan fingerprint density at radius 3 is 1.97 bits per heavy atom. The molecule has 4 rings (SSSR count). The van der Waals surface area contributed by atoms with Gasteiger partial charge in [0, 0.05) is 18.6 Å². The zero-order valence-electron chi connectivity index (χ0n) is 19.3. The number of imidazole rings is 2. The third kappa shape index (κ3) is 4.07. The summed E-state index contributed by atoms with van der Waals surface area (Å²) in [6.45, 7) is 13.4. The van der Waals surface area contributed by atoms with E-state index >= 15 is 0 Å². The summed E-state index contributed by atoms with van der Waals surface area (Å²) in [6, 6.07) is 15.3. The predicted octanol–water partition coefficient (Wildman–Crippen LogP) is 7.30. The van der Waals surface area contributed by atoms with E-state index in [9.17, 15) is 0 Å². The Hall–Kier alpha value is -3.14. The highest BCUT2D eigenvalue weighted by Gasteiger charge is 2.23. The summed E-state index contributed by atoms with van der Waals surface area (Å²) in [7, 11) is 0. The van der Waals surface area contributed by atoms with Crippen molar-refractivity contribution in [2.45, 2.75) is 59.3 Å². The lowest BCUT2D eigenvalue weighted by Gasteiger charge is -2.23. The molecule has 4 aromatic rings. The number of hydrogen-bond acceptors (Lipinski definition) is 2. The molecule has 160 valence electrons. The highest BCUT2D eigenvalue weighted by molar-refractivity contribution is 5.71. The van der Waals surface area contributed by atoms with E-state index in [1.165, 1.54) is 27.9 Å². The highest BCUT2D eigenvalue weighted by Crippen LogP contribution is 2.38. The van der Waals surface area contributed by atoms with E-state index in [0.29, 0.717) is 17.8 Å². The van der Waals surface area contributed by atoms with Crippen molar-refractivity contribution in [3.63, 3.8) is 0 Å². The Morgan fingerprint density at radius 1 is 0.806 bits per heavy atom. The van der Waals surface area contributed by atoms with Gasteiger partial charge < -0.3 is 4.98 Å². The zero-order valence-corrected chi connectivity index (χ0v) is 19.3. The number of nitrogens with one attached hydrogen (secondary N) is 1. The molecule has 31 heavy (non-hydrogen) atoms. The molecular formula is C27H32N4. The van der Waals surface area contributed by atoms with E-state index < -0.39 is 0 Å². The second kappa shape index (κ2) is 8.54. The number of nitrogens with zero attached hydrogens (tertiary/aromatic N) is 3. The monoisotopic (exact) mass is 412 g/mol. The van der Waals surface area contributed by atoms with Gasteiger partial charge in [-0.25, -0.2) is 9.97 Å². The van der Waals surface area contributed by atoms with Gasteiger partial charge in [-0.05, 0) is 52.1 Å². The summed E-state index contributed by atoms with van der Waals surface area (Å²) in [5.74, 6) is 2.73. The Bertz CT molecular complexity index is 1120. The maximum atomic E-state index is 4.98. The third-order valence-corrected chi connectivity index (χ3v) is 5.79. The fraction of sp³-hybridized carbons (Fsp3) is 0.333. The Kier molecular flexibility index (Phi) is 5.81. The number of benzene rings is 2. The molecule has 2 aromatic carbocycles. The van der Waals surface area contributed by atoms with Gasteiger partial charge in [-0.2, -0.15) is 0 Å². The van der Waals surface area contributed by atoms with Crippen molar-refractivity contribution in [1.29, 1.82) is 0 Å². The summed E-state index contributed by atoms with van der Waals surface area (Å²) in [5, 5.41) is 0. The van der Waals surface area contributed by atoms with E-state index in [0.717, 1.165) is 17.3 Å². The van der Waals surface area contributed by atoms with Crippen LogP contribution in [0, 0.1) is 0 Å². The van der Waals surface area contributed by atoms with Gasteiger partial charge in [0.05, 0.1) is 11.4 Å². The molecular weight excluding hydrogens is 380 g/mol. The van der Waals surface area contributed by atoms with Crippen LogP contribution >= 0.6 is 0 Å². The second-order valence-electron chi connectivity index (χ2n) is 9.13. The number of aromatic amines is 1. The molecule has 0 radical (unpaired) electrons. The van der Waals surface area contributed by atoms with Crippen molar-refractivity contribution in [2.75, 3.05) is 0 Å². The van der Waals surface area contributed by atoms with E-state index in [1.807, 2.05) is 6.20 Å². The fourth-order valence-electron chi connectivity index (χ4n) is 4.04. The third-order valence-electron chi connectivity index (χ3n) is 5.79. The van der Waals surface area contributed by atoms with Crippen molar-refractivity contribution in [2.24, 2.45) is 0 Å². The molecule has 0 atom stereocenters. The maximum absolute atomic E-state index is 4.98. The van der Waals surface area contributed by atoms with E-state index in [2.05, 4.69) is 105 Å². The van der Waals surface area contributed by atoms with Crippen LogP contribution in [0.5, 0.6) is 0 Å². The summed E-state index contributed by atoms with van der Waals surface area (Å²) in [4.78, 5) is 12.8. The Balaban J connectivity index is 2.03. The first-order valence-electron chi connectivity index (χ1n) is 11.2. The van der Waals surface area contributed by atoms with Gasteiger partial charge in [-0.15, -0.1) is 0 Å². The van der Waals surface area contributed by atoms with Crippen LogP contribution in [0.3, 0.4) is 0 Å². The van der Waals surface area contributed by atoms with Crippen LogP contribution in [0.2, 0.25) is 0 Å². The first-order chi connectivity index (χ1) is 14.9. The molecule has 2 aromatic heterocycles. The van der Waals surface area contributed by atoms with Crippen molar-refractivity contribution in [3.8, 4) is 28.5 Å². The smallest absolute Gasteiger partial charge is 0.181 e. The molecule has 0 aliphatic rings. The predicted molar refractivity (Wildman–Crippen MR) is 129 cm³/mol. The van der Waals surface area contributed by atoms with Crippen LogP contribution in [0.15, 0.2) is 61.1 Å². The summed E-state index contributed by atoms with van der Waals surface area (Å²) < 4.78 is 2.26. The van der Waals surface area contributed by atoms with E-state index in [-0.39, 0.29) is 0 Å². The van der Waals surface area contributed by atoms with Crippen LogP contribution in [-0.2, 0) is 0 Å². The molecule has 0 saturated heterocycles. The zero-order chi connectivity index (χ0) is 22.1. The maximum Gasteiger partial charge on any atom is 0.181 e. The minimum absolute atomic E-state index is 0.337. The van der Waals surface area contributed by atoms with Gasteiger partial charge in [-0.1, -0.05) is 71.9 Å². The minimum Gasteiger partial charge on any atom is -0.342 e. The van der Waals surface area contributed by atoms with Crippen LogP contribution in [0.4, 0.5) is 0 Å². The molecule has 0 aliphatic carbocycles. The lowest BCUT2D eigenvalue weighted by Crippen LogP contribution is -2.09. The average molecular weight is 413 g/mol. The fourth-order valence-corrected chi connectivity index (χ4v) is 4.04. The molecule has 0 saturated carbocycles. The van der Waals surface area contributed by atoms with Crippen LogP contribution < -0.4 is 0 Å². The van der Waals surface area contributed by atoms with Crippen molar-refractivity contribution in [3.05, 3.63) is 77.9 Å². The molecule has 0 aliphatic heterocycles. The van der Waals surface area contributed by atoms with Gasteiger partial charge >= 0.3 is 0 Å². The van der Waals surface area contributed by atoms with Gasteiger partial charge in [-0.3, -0.25) is 4.57 Å². The van der Waals surface area contributed by atoms with Gasteiger partial charge in [0.1, 0.15) is 0 Å². The van der Waals surface area contributed by atoms with Crippen LogP contribution in [0.25, 0.3) is 28.5 Å². The number of hydrogen-bond donors (Lipinski definition) is 1. The molecule has 0 unspecified atom stereocenters. The molecule has 1 N–H and O–H groups in total. The normalized spacial score (nSPS) is 11.8. The molecule has 0 spiro atoms. The second-order valence-corrected chi connectivity index (χ2v) is 9.13.